The molecule has 1 saturated heterocycles. The highest BCUT2D eigenvalue weighted by Gasteiger charge is 2.62. The van der Waals surface area contributed by atoms with Gasteiger partial charge in [0.2, 0.25) is 5.91 Å². The molecule has 1 fully saturated rings. The Morgan fingerprint density at radius 2 is 2.14 bits per heavy atom. The summed E-state index contributed by atoms with van der Waals surface area (Å²) in [7, 11) is -2.11. The van der Waals surface area contributed by atoms with Crippen molar-refractivity contribution < 1.29 is 18.8 Å². The lowest BCUT2D eigenvalue weighted by Crippen LogP contribution is -2.65. The van der Waals surface area contributed by atoms with Crippen molar-refractivity contribution in [2.24, 2.45) is 11.8 Å². The number of esters is 1. The molecular weight excluding hydrogens is 492 g/mol. The molecule has 3 heterocycles. The predicted molar refractivity (Wildman–Crippen MR) is 143 cm³/mol. The van der Waals surface area contributed by atoms with Crippen molar-refractivity contribution >= 4 is 32.0 Å². The number of aryl methyl sites for hydroxylation is 1. The first-order valence-corrected chi connectivity index (χ1v) is 16.3. The van der Waals surface area contributed by atoms with Gasteiger partial charge >= 0.3 is 5.97 Å². The van der Waals surface area contributed by atoms with E-state index in [0.717, 1.165) is 11.3 Å². The third-order valence-electron chi connectivity index (χ3n) is 7.46. The molecule has 196 valence electrons. The number of carbonyl (C=O) groups is 2. The van der Waals surface area contributed by atoms with E-state index in [1.54, 1.807) is 17.4 Å². The molecule has 0 aliphatic carbocycles. The summed E-state index contributed by atoms with van der Waals surface area (Å²) in [4.78, 5) is 33.3. The molecule has 4 atom stereocenters. The Balaban J connectivity index is 1.95. The number of rotatable bonds is 12. The number of hydrogen-bond donors (Lipinski definition) is 0. The second kappa shape index (κ2) is 11.4. The molecule has 0 N–H and O–H groups in total. The van der Waals surface area contributed by atoms with Gasteiger partial charge in [0, 0.05) is 41.9 Å². The van der Waals surface area contributed by atoms with Crippen molar-refractivity contribution in [2.45, 2.75) is 77.4 Å². The van der Waals surface area contributed by atoms with Gasteiger partial charge in [-0.2, -0.15) is 5.26 Å². The first-order valence-electron chi connectivity index (χ1n) is 12.4. The van der Waals surface area contributed by atoms with Crippen LogP contribution in [-0.4, -0.2) is 59.2 Å². The summed E-state index contributed by atoms with van der Waals surface area (Å²) in [6.45, 7) is 17.3. The average molecular weight is 531 g/mol. The summed E-state index contributed by atoms with van der Waals surface area (Å²) < 4.78 is 14.1. The molecule has 1 amide bonds. The second-order valence-electron chi connectivity index (χ2n) is 10.9. The number of thioether (sulfide) groups is 1. The minimum atomic E-state index is -2.11. The van der Waals surface area contributed by atoms with Crippen LogP contribution in [0, 0.1) is 23.2 Å². The van der Waals surface area contributed by atoms with Crippen LogP contribution >= 0.6 is 11.8 Å². The Morgan fingerprint density at radius 1 is 1.42 bits per heavy atom. The van der Waals surface area contributed by atoms with Crippen LogP contribution in [0.1, 0.15) is 40.5 Å². The third kappa shape index (κ3) is 5.63. The number of hydrogen-bond acceptors (Lipinski definition) is 7. The van der Waals surface area contributed by atoms with Crippen LogP contribution in [0.3, 0.4) is 0 Å². The SMILES string of the molecule is C=CCOC(=O)C1=C(SCCC#N)[C@H](CCn2ccnc2)[C@@H]2[C@@H]([C@@H](C)O[Si](C)(C)C(C)(C)C)C(=O)N12. The zero-order valence-electron chi connectivity index (χ0n) is 22.2. The van der Waals surface area contributed by atoms with Gasteiger partial charge in [0.05, 0.1) is 30.5 Å². The molecule has 1 aromatic heterocycles. The predicted octanol–water partition coefficient (Wildman–Crippen LogP) is 4.73. The highest BCUT2D eigenvalue weighted by molar-refractivity contribution is 8.03. The van der Waals surface area contributed by atoms with Crippen LogP contribution in [0.5, 0.6) is 0 Å². The fraction of sp³-hybridized carbons (Fsp3) is 0.615. The molecule has 1 aromatic rings. The van der Waals surface area contributed by atoms with Crippen molar-refractivity contribution in [3.8, 4) is 6.07 Å². The van der Waals surface area contributed by atoms with Crippen molar-refractivity contribution in [1.29, 1.82) is 5.26 Å². The van der Waals surface area contributed by atoms with Crippen molar-refractivity contribution in [1.82, 2.24) is 14.5 Å². The number of ether oxygens (including phenoxy) is 1. The van der Waals surface area contributed by atoms with E-state index in [4.69, 9.17) is 14.4 Å². The molecule has 0 saturated carbocycles. The number of aromatic nitrogens is 2. The highest BCUT2D eigenvalue weighted by atomic mass is 32.2. The quantitative estimate of drug-likeness (QED) is 0.127. The van der Waals surface area contributed by atoms with Gasteiger partial charge in [0.25, 0.3) is 0 Å². The number of nitriles is 1. The van der Waals surface area contributed by atoms with Gasteiger partial charge in [0.15, 0.2) is 8.32 Å². The number of β-lactam (4-membered cyclic amide) rings is 1. The zero-order chi connectivity index (χ0) is 26.7. The van der Waals surface area contributed by atoms with Crippen molar-refractivity contribution in [3.05, 3.63) is 42.0 Å². The highest BCUT2D eigenvalue weighted by Crippen LogP contribution is 2.53. The Bertz CT molecular complexity index is 1040. The zero-order valence-corrected chi connectivity index (χ0v) is 24.0. The molecule has 2 aliphatic rings. The smallest absolute Gasteiger partial charge is 0.356 e. The van der Waals surface area contributed by atoms with E-state index < -0.39 is 14.3 Å². The molecule has 0 bridgehead atoms. The maximum absolute atomic E-state index is 13.6. The lowest BCUT2D eigenvalue weighted by Gasteiger charge is -2.50. The van der Waals surface area contributed by atoms with Gasteiger partial charge in [-0.25, -0.2) is 9.78 Å². The van der Waals surface area contributed by atoms with Crippen LogP contribution in [0.25, 0.3) is 0 Å². The Kier molecular flexibility index (Phi) is 8.91. The van der Waals surface area contributed by atoms with Crippen molar-refractivity contribution in [2.75, 3.05) is 12.4 Å². The maximum Gasteiger partial charge on any atom is 0.356 e. The molecule has 2 aliphatic heterocycles. The van der Waals surface area contributed by atoms with Crippen LogP contribution < -0.4 is 0 Å². The lowest BCUT2D eigenvalue weighted by molar-refractivity contribution is -0.163. The number of fused-ring (bicyclic) bond motifs is 1. The Labute approximate surface area is 219 Å². The average Bonchev–Trinajstić information content (AvgIpc) is 3.40. The summed E-state index contributed by atoms with van der Waals surface area (Å²) in [5.41, 5.74) is 0.321. The van der Waals surface area contributed by atoms with Crippen molar-refractivity contribution in [3.63, 3.8) is 0 Å². The number of carbonyl (C=O) groups excluding carboxylic acids is 2. The van der Waals surface area contributed by atoms with E-state index in [-0.39, 0.29) is 41.5 Å². The molecule has 3 rings (SSSR count). The van der Waals surface area contributed by atoms with E-state index in [0.29, 0.717) is 24.4 Å². The van der Waals surface area contributed by atoms with Gasteiger partial charge in [-0.3, -0.25) is 4.79 Å². The van der Waals surface area contributed by atoms with Crippen LogP contribution in [-0.2, 0) is 25.3 Å². The van der Waals surface area contributed by atoms with Crippen LogP contribution in [0.4, 0.5) is 0 Å². The third-order valence-corrected chi connectivity index (χ3v) is 13.2. The molecule has 10 heteroatoms. The van der Waals surface area contributed by atoms with E-state index in [2.05, 4.69) is 51.5 Å². The minimum Gasteiger partial charge on any atom is -0.457 e. The number of nitrogens with zero attached hydrogens (tertiary/aromatic N) is 4. The summed E-state index contributed by atoms with van der Waals surface area (Å²) in [5, 5.41) is 9.12. The van der Waals surface area contributed by atoms with E-state index in [1.807, 2.05) is 17.7 Å². The fourth-order valence-electron chi connectivity index (χ4n) is 4.66. The van der Waals surface area contributed by atoms with Gasteiger partial charge in [-0.05, 0) is 31.5 Å². The topological polar surface area (TPSA) is 97.5 Å². The van der Waals surface area contributed by atoms with Gasteiger partial charge in [-0.15, -0.1) is 11.8 Å². The maximum atomic E-state index is 13.6. The monoisotopic (exact) mass is 530 g/mol. The van der Waals surface area contributed by atoms with Gasteiger partial charge in [-0.1, -0.05) is 33.4 Å². The molecule has 0 unspecified atom stereocenters. The number of imidazole rings is 1. The minimum absolute atomic E-state index is 0.0143. The summed E-state index contributed by atoms with van der Waals surface area (Å²) in [6.07, 6.45) is 7.73. The first kappa shape index (κ1) is 28.2. The molecule has 0 spiro atoms. The lowest BCUT2D eigenvalue weighted by atomic mass is 9.77. The standard InChI is InChI=1S/C26H38N4O4SSi/c1-8-15-33-25(32)22-23(35-16-9-11-27)19(10-13-29-14-12-28-17-29)21-20(24(31)30(21)22)18(2)34-36(6,7)26(3,4)5/h8,12,14,17-21H,1,9-10,13,15-16H2,2-7H3/t18-,19-,20-,21-/m1/s1. The van der Waals surface area contributed by atoms with E-state index in [9.17, 15) is 9.59 Å². The molecule has 0 radical (unpaired) electrons. The molecular formula is C26H38N4O4SSi. The largest absolute Gasteiger partial charge is 0.457 e. The van der Waals surface area contributed by atoms with Gasteiger partial charge in [0.1, 0.15) is 12.3 Å². The van der Waals surface area contributed by atoms with E-state index >= 15 is 0 Å². The van der Waals surface area contributed by atoms with Gasteiger partial charge < -0.3 is 18.6 Å². The Morgan fingerprint density at radius 3 is 2.72 bits per heavy atom. The Hall–Kier alpha value is -2.35. The summed E-state index contributed by atoms with van der Waals surface area (Å²) in [6, 6.07) is 1.99. The first-order chi connectivity index (χ1) is 16.9. The fourth-order valence-corrected chi connectivity index (χ4v) is 7.29. The molecule has 36 heavy (non-hydrogen) atoms. The van der Waals surface area contributed by atoms with Crippen LogP contribution in [0.15, 0.2) is 42.0 Å². The van der Waals surface area contributed by atoms with Crippen LogP contribution in [0.2, 0.25) is 18.1 Å². The van der Waals surface area contributed by atoms with E-state index in [1.165, 1.54) is 17.8 Å². The summed E-state index contributed by atoms with van der Waals surface area (Å²) in [5.74, 6) is -0.477. The number of amides is 1. The summed E-state index contributed by atoms with van der Waals surface area (Å²) >= 11 is 1.48. The molecule has 0 aromatic carbocycles. The normalized spacial score (nSPS) is 22.6. The second-order valence-corrected chi connectivity index (χ2v) is 16.8. The molecule has 8 nitrogen and oxygen atoms in total.